The van der Waals surface area contributed by atoms with Crippen LogP contribution in [0.4, 0.5) is 14.6 Å². The molecule has 0 spiro atoms. The van der Waals surface area contributed by atoms with Crippen molar-refractivity contribution in [2.45, 2.75) is 25.2 Å². The van der Waals surface area contributed by atoms with Gasteiger partial charge in [0.25, 0.3) is 0 Å². The number of methoxy groups -OCH3 is 2. The number of carbonyl (C=O) groups is 1. The Bertz CT molecular complexity index is 842. The third kappa shape index (κ3) is 3.49. The van der Waals surface area contributed by atoms with E-state index in [4.69, 9.17) is 9.47 Å². The predicted octanol–water partition coefficient (Wildman–Crippen LogP) is 3.58. The average molecular weight is 366 g/mol. The molecule has 1 saturated heterocycles. The Morgan fingerprint density at radius 2 is 1.85 bits per heavy atom. The lowest BCUT2D eigenvalue weighted by Gasteiger charge is -2.24. The van der Waals surface area contributed by atoms with Crippen LogP contribution in [0.5, 0.6) is 11.5 Å². The molecule has 2 heterocycles. The Morgan fingerprint density at radius 3 is 2.50 bits per heavy atom. The van der Waals surface area contributed by atoms with Crippen LogP contribution in [0.2, 0.25) is 0 Å². The summed E-state index contributed by atoms with van der Waals surface area (Å²) >= 11 is 0. The summed E-state index contributed by atoms with van der Waals surface area (Å²) in [6.45, 7) is 0.390. The van der Waals surface area contributed by atoms with Crippen LogP contribution in [0.3, 0.4) is 0 Å². The van der Waals surface area contributed by atoms with Gasteiger partial charge in [-0.15, -0.1) is 0 Å². The zero-order chi connectivity index (χ0) is 18.9. The SMILES string of the molecule is COc1cc2cc(C(=O)O)c(N3CCCC(F)(F)CC3)nc2cc1OC. The van der Waals surface area contributed by atoms with Crippen molar-refractivity contribution in [1.82, 2.24) is 4.98 Å². The zero-order valence-electron chi connectivity index (χ0n) is 14.6. The highest BCUT2D eigenvalue weighted by atomic mass is 19.3. The van der Waals surface area contributed by atoms with Crippen LogP contribution in [-0.2, 0) is 0 Å². The summed E-state index contributed by atoms with van der Waals surface area (Å²) in [6, 6.07) is 4.79. The Balaban J connectivity index is 2.11. The number of nitrogens with zero attached hydrogens (tertiary/aromatic N) is 2. The lowest BCUT2D eigenvalue weighted by molar-refractivity contribution is -0.0102. The Labute approximate surface area is 149 Å². The van der Waals surface area contributed by atoms with E-state index in [1.165, 1.54) is 20.3 Å². The fraction of sp³-hybridized carbons (Fsp3) is 0.444. The molecule has 0 radical (unpaired) electrons. The molecule has 26 heavy (non-hydrogen) atoms. The molecule has 0 saturated carbocycles. The van der Waals surface area contributed by atoms with Gasteiger partial charge in [0.1, 0.15) is 11.4 Å². The second kappa shape index (κ2) is 6.93. The number of aromatic nitrogens is 1. The first-order valence-electron chi connectivity index (χ1n) is 8.27. The smallest absolute Gasteiger partial charge is 0.339 e. The van der Waals surface area contributed by atoms with Crippen LogP contribution in [0.1, 0.15) is 29.6 Å². The van der Waals surface area contributed by atoms with Crippen molar-refractivity contribution in [1.29, 1.82) is 0 Å². The fourth-order valence-electron chi connectivity index (χ4n) is 3.16. The average Bonchev–Trinajstić information content (AvgIpc) is 2.79. The molecular formula is C18H20F2N2O4. The number of anilines is 1. The highest BCUT2D eigenvalue weighted by molar-refractivity contribution is 5.99. The van der Waals surface area contributed by atoms with E-state index in [9.17, 15) is 18.7 Å². The monoisotopic (exact) mass is 366 g/mol. The van der Waals surface area contributed by atoms with Crippen LogP contribution < -0.4 is 14.4 Å². The first-order valence-corrected chi connectivity index (χ1v) is 8.27. The van der Waals surface area contributed by atoms with Crippen molar-refractivity contribution >= 4 is 22.7 Å². The van der Waals surface area contributed by atoms with Crippen molar-refractivity contribution in [3.8, 4) is 11.5 Å². The number of hydrogen-bond donors (Lipinski definition) is 1. The van der Waals surface area contributed by atoms with Gasteiger partial charge in [-0.3, -0.25) is 0 Å². The van der Waals surface area contributed by atoms with E-state index >= 15 is 0 Å². The summed E-state index contributed by atoms with van der Waals surface area (Å²) in [6.07, 6.45) is -0.250. The van der Waals surface area contributed by atoms with Gasteiger partial charge in [-0.25, -0.2) is 18.6 Å². The molecule has 1 N–H and O–H groups in total. The molecule has 6 nitrogen and oxygen atoms in total. The van der Waals surface area contributed by atoms with E-state index in [-0.39, 0.29) is 37.2 Å². The number of ether oxygens (including phenoxy) is 2. The third-order valence-electron chi connectivity index (χ3n) is 4.55. The minimum atomic E-state index is -2.73. The van der Waals surface area contributed by atoms with Crippen LogP contribution in [0.15, 0.2) is 18.2 Å². The number of benzene rings is 1. The van der Waals surface area contributed by atoms with E-state index in [2.05, 4.69) is 4.98 Å². The lowest BCUT2D eigenvalue weighted by atomic mass is 10.1. The molecular weight excluding hydrogens is 346 g/mol. The molecule has 0 bridgehead atoms. The van der Waals surface area contributed by atoms with Gasteiger partial charge < -0.3 is 19.5 Å². The van der Waals surface area contributed by atoms with Crippen molar-refractivity contribution in [2.24, 2.45) is 0 Å². The van der Waals surface area contributed by atoms with E-state index < -0.39 is 11.9 Å². The van der Waals surface area contributed by atoms with E-state index in [1.54, 1.807) is 17.0 Å². The normalized spacial score (nSPS) is 17.0. The number of alkyl halides is 2. The molecule has 0 atom stereocenters. The van der Waals surface area contributed by atoms with Gasteiger partial charge in [0.15, 0.2) is 11.5 Å². The molecule has 2 aromatic rings. The minimum absolute atomic E-state index is 0.0186. The zero-order valence-corrected chi connectivity index (χ0v) is 14.6. The molecule has 1 aliphatic heterocycles. The summed E-state index contributed by atoms with van der Waals surface area (Å²) in [5.74, 6) is -2.76. The number of pyridine rings is 1. The van der Waals surface area contributed by atoms with Gasteiger partial charge >= 0.3 is 5.97 Å². The third-order valence-corrected chi connectivity index (χ3v) is 4.55. The maximum Gasteiger partial charge on any atom is 0.339 e. The molecule has 140 valence electrons. The molecule has 0 aliphatic carbocycles. The number of rotatable bonds is 4. The maximum absolute atomic E-state index is 13.7. The maximum atomic E-state index is 13.7. The summed E-state index contributed by atoms with van der Waals surface area (Å²) in [7, 11) is 2.98. The molecule has 8 heteroatoms. The molecule has 0 amide bonds. The van der Waals surface area contributed by atoms with Crippen LogP contribution >= 0.6 is 0 Å². The molecule has 1 fully saturated rings. The standard InChI is InChI=1S/C18H20F2N2O4/c1-25-14-9-11-8-12(17(23)24)16(21-13(11)10-15(14)26-2)22-6-3-4-18(19,20)5-7-22/h8-10H,3-7H2,1-2H3,(H,23,24). The Morgan fingerprint density at radius 1 is 1.15 bits per heavy atom. The van der Waals surface area contributed by atoms with Crippen molar-refractivity contribution in [2.75, 3.05) is 32.2 Å². The van der Waals surface area contributed by atoms with Crippen LogP contribution in [0.25, 0.3) is 10.9 Å². The van der Waals surface area contributed by atoms with Gasteiger partial charge in [0.05, 0.1) is 19.7 Å². The van der Waals surface area contributed by atoms with E-state index in [0.29, 0.717) is 28.9 Å². The van der Waals surface area contributed by atoms with E-state index in [0.717, 1.165) is 0 Å². The first kappa shape index (κ1) is 18.2. The first-order chi connectivity index (χ1) is 12.3. The van der Waals surface area contributed by atoms with Crippen LogP contribution in [-0.4, -0.2) is 49.3 Å². The van der Waals surface area contributed by atoms with Gasteiger partial charge in [0.2, 0.25) is 5.92 Å². The highest BCUT2D eigenvalue weighted by Gasteiger charge is 2.33. The summed E-state index contributed by atoms with van der Waals surface area (Å²) in [5.41, 5.74) is 0.494. The number of fused-ring (bicyclic) bond motifs is 1. The fourth-order valence-corrected chi connectivity index (χ4v) is 3.16. The minimum Gasteiger partial charge on any atom is -0.493 e. The lowest BCUT2D eigenvalue weighted by Crippen LogP contribution is -2.28. The largest absolute Gasteiger partial charge is 0.493 e. The summed E-state index contributed by atoms with van der Waals surface area (Å²) in [5, 5.41) is 10.2. The quantitative estimate of drug-likeness (QED) is 0.892. The number of hydrogen-bond acceptors (Lipinski definition) is 5. The number of carboxylic acids is 1. The molecule has 0 unspecified atom stereocenters. The second-order valence-electron chi connectivity index (χ2n) is 6.26. The molecule has 1 aromatic carbocycles. The van der Waals surface area contributed by atoms with Gasteiger partial charge in [-0.2, -0.15) is 0 Å². The van der Waals surface area contributed by atoms with Gasteiger partial charge in [0, 0.05) is 37.4 Å². The Kier molecular flexibility index (Phi) is 4.84. The van der Waals surface area contributed by atoms with Crippen molar-refractivity contribution < 1.29 is 28.2 Å². The number of aromatic carboxylic acids is 1. The summed E-state index contributed by atoms with van der Waals surface area (Å²) in [4.78, 5) is 17.8. The second-order valence-corrected chi connectivity index (χ2v) is 6.26. The van der Waals surface area contributed by atoms with Gasteiger partial charge in [-0.1, -0.05) is 0 Å². The van der Waals surface area contributed by atoms with Crippen molar-refractivity contribution in [3.05, 3.63) is 23.8 Å². The molecule has 3 rings (SSSR count). The molecule has 1 aromatic heterocycles. The van der Waals surface area contributed by atoms with E-state index in [1.807, 2.05) is 0 Å². The Hall–Kier alpha value is -2.64. The topological polar surface area (TPSA) is 71.9 Å². The van der Waals surface area contributed by atoms with Crippen LogP contribution in [0, 0.1) is 0 Å². The summed E-state index contributed by atoms with van der Waals surface area (Å²) < 4.78 is 37.8. The predicted molar refractivity (Wildman–Crippen MR) is 92.8 cm³/mol. The number of halogens is 2. The molecule has 1 aliphatic rings. The highest BCUT2D eigenvalue weighted by Crippen LogP contribution is 2.35. The van der Waals surface area contributed by atoms with Gasteiger partial charge in [-0.05, 0) is 18.6 Å². The number of carboxylic acid groups (broad SMARTS) is 1. The van der Waals surface area contributed by atoms with Crippen molar-refractivity contribution in [3.63, 3.8) is 0 Å².